The van der Waals surface area contributed by atoms with E-state index in [1.807, 2.05) is 19.1 Å². The molecule has 0 atom stereocenters. The van der Waals surface area contributed by atoms with Gasteiger partial charge < -0.3 is 5.32 Å². The Labute approximate surface area is 125 Å². The van der Waals surface area contributed by atoms with Gasteiger partial charge in [0.05, 0.1) is 17.2 Å². The van der Waals surface area contributed by atoms with Crippen LogP contribution in [0.3, 0.4) is 0 Å². The summed E-state index contributed by atoms with van der Waals surface area (Å²) >= 11 is 3.34. The Kier molecular flexibility index (Phi) is 4.34. The van der Waals surface area contributed by atoms with E-state index in [4.69, 9.17) is 0 Å². The standard InChI is InChI=1S/C14H14BrN3O2/c1-9-6-14(18(19)20)10(2)5-13(9)17-8-12-4-3-11(15)7-16-12/h3-7,17H,8H2,1-2H3. The van der Waals surface area contributed by atoms with E-state index in [1.54, 1.807) is 25.3 Å². The zero-order valence-electron chi connectivity index (χ0n) is 11.2. The summed E-state index contributed by atoms with van der Waals surface area (Å²) in [6.07, 6.45) is 1.74. The molecule has 0 unspecified atom stereocenters. The number of nitrogens with one attached hydrogen (secondary N) is 1. The Morgan fingerprint density at radius 1 is 1.30 bits per heavy atom. The summed E-state index contributed by atoms with van der Waals surface area (Å²) < 4.78 is 0.934. The van der Waals surface area contributed by atoms with Crippen LogP contribution in [0.4, 0.5) is 11.4 Å². The van der Waals surface area contributed by atoms with E-state index < -0.39 is 0 Å². The lowest BCUT2D eigenvalue weighted by Crippen LogP contribution is -2.04. The summed E-state index contributed by atoms with van der Waals surface area (Å²) in [6.45, 7) is 4.16. The highest BCUT2D eigenvalue weighted by Gasteiger charge is 2.13. The van der Waals surface area contributed by atoms with Crippen molar-refractivity contribution in [2.24, 2.45) is 0 Å². The molecule has 0 radical (unpaired) electrons. The van der Waals surface area contributed by atoms with E-state index in [0.717, 1.165) is 21.4 Å². The first-order valence-corrected chi connectivity index (χ1v) is 6.86. The van der Waals surface area contributed by atoms with Crippen LogP contribution in [0.5, 0.6) is 0 Å². The van der Waals surface area contributed by atoms with E-state index in [2.05, 4.69) is 26.2 Å². The minimum absolute atomic E-state index is 0.148. The predicted octanol–water partition coefficient (Wildman–Crippen LogP) is 3.98. The molecule has 0 saturated heterocycles. The molecule has 0 aliphatic rings. The molecular formula is C14H14BrN3O2. The third kappa shape index (κ3) is 3.33. The van der Waals surface area contributed by atoms with E-state index in [9.17, 15) is 10.1 Å². The summed E-state index contributed by atoms with van der Waals surface area (Å²) in [6, 6.07) is 7.24. The first kappa shape index (κ1) is 14.5. The van der Waals surface area contributed by atoms with Crippen LogP contribution in [0.25, 0.3) is 0 Å². The number of aryl methyl sites for hydroxylation is 2. The van der Waals surface area contributed by atoms with Gasteiger partial charge in [-0.05, 0) is 53.5 Å². The highest BCUT2D eigenvalue weighted by atomic mass is 79.9. The van der Waals surface area contributed by atoms with Crippen LogP contribution in [0, 0.1) is 24.0 Å². The van der Waals surface area contributed by atoms with Crippen LogP contribution >= 0.6 is 15.9 Å². The second-order valence-electron chi connectivity index (χ2n) is 4.53. The first-order chi connectivity index (χ1) is 9.47. The number of benzene rings is 1. The smallest absolute Gasteiger partial charge is 0.272 e. The van der Waals surface area contributed by atoms with Gasteiger partial charge in [-0.1, -0.05) is 0 Å². The Morgan fingerprint density at radius 3 is 2.65 bits per heavy atom. The maximum Gasteiger partial charge on any atom is 0.272 e. The van der Waals surface area contributed by atoms with Crippen LogP contribution < -0.4 is 5.32 Å². The maximum absolute atomic E-state index is 10.9. The van der Waals surface area contributed by atoms with Crippen molar-refractivity contribution in [3.8, 4) is 0 Å². The monoisotopic (exact) mass is 335 g/mol. The molecule has 104 valence electrons. The fourth-order valence-corrected chi connectivity index (χ4v) is 2.12. The van der Waals surface area contributed by atoms with Crippen LogP contribution in [-0.2, 0) is 6.54 Å². The van der Waals surface area contributed by atoms with Crippen molar-refractivity contribution >= 4 is 27.3 Å². The summed E-state index contributed by atoms with van der Waals surface area (Å²) in [5.74, 6) is 0. The molecule has 0 amide bonds. The van der Waals surface area contributed by atoms with Gasteiger partial charge in [0, 0.05) is 28.0 Å². The molecule has 1 aromatic heterocycles. The van der Waals surface area contributed by atoms with Crippen molar-refractivity contribution in [1.82, 2.24) is 4.98 Å². The molecule has 2 aromatic rings. The highest BCUT2D eigenvalue weighted by Crippen LogP contribution is 2.26. The van der Waals surface area contributed by atoms with Gasteiger partial charge in [0.1, 0.15) is 0 Å². The minimum atomic E-state index is -0.359. The van der Waals surface area contributed by atoms with Gasteiger partial charge in [-0.2, -0.15) is 0 Å². The molecule has 0 fully saturated rings. The van der Waals surface area contributed by atoms with Gasteiger partial charge in [0.15, 0.2) is 0 Å². The Morgan fingerprint density at radius 2 is 2.05 bits per heavy atom. The van der Waals surface area contributed by atoms with E-state index in [0.29, 0.717) is 12.1 Å². The van der Waals surface area contributed by atoms with E-state index in [-0.39, 0.29) is 10.6 Å². The second-order valence-corrected chi connectivity index (χ2v) is 5.45. The molecule has 6 heteroatoms. The summed E-state index contributed by atoms with van der Waals surface area (Å²) in [5, 5.41) is 14.1. The third-order valence-corrected chi connectivity index (χ3v) is 3.46. The molecule has 0 spiro atoms. The second kappa shape index (κ2) is 6.00. The molecule has 2 rings (SSSR count). The zero-order chi connectivity index (χ0) is 14.7. The highest BCUT2D eigenvalue weighted by molar-refractivity contribution is 9.10. The molecule has 0 bridgehead atoms. The summed E-state index contributed by atoms with van der Waals surface area (Å²) in [4.78, 5) is 14.8. The van der Waals surface area contributed by atoms with Crippen molar-refractivity contribution in [2.45, 2.75) is 20.4 Å². The van der Waals surface area contributed by atoms with Gasteiger partial charge in [-0.3, -0.25) is 15.1 Å². The zero-order valence-corrected chi connectivity index (χ0v) is 12.8. The Balaban J connectivity index is 2.16. The van der Waals surface area contributed by atoms with Crippen LogP contribution in [0.2, 0.25) is 0 Å². The summed E-state index contributed by atoms with van der Waals surface area (Å²) in [7, 11) is 0. The van der Waals surface area contributed by atoms with Crippen molar-refractivity contribution in [1.29, 1.82) is 0 Å². The summed E-state index contributed by atoms with van der Waals surface area (Å²) in [5.41, 5.74) is 3.43. The quantitative estimate of drug-likeness (QED) is 0.677. The van der Waals surface area contributed by atoms with Crippen LogP contribution in [0.1, 0.15) is 16.8 Å². The number of anilines is 1. The number of halogens is 1. The lowest BCUT2D eigenvalue weighted by Gasteiger charge is -2.10. The number of rotatable bonds is 4. The number of hydrogen-bond donors (Lipinski definition) is 1. The first-order valence-electron chi connectivity index (χ1n) is 6.07. The van der Waals surface area contributed by atoms with E-state index >= 15 is 0 Å². The molecular weight excluding hydrogens is 322 g/mol. The van der Waals surface area contributed by atoms with Gasteiger partial charge in [-0.25, -0.2) is 0 Å². The molecule has 1 aromatic carbocycles. The fourth-order valence-electron chi connectivity index (χ4n) is 1.88. The van der Waals surface area contributed by atoms with Crippen LogP contribution in [0.15, 0.2) is 34.9 Å². The topological polar surface area (TPSA) is 68.1 Å². The van der Waals surface area contributed by atoms with Gasteiger partial charge >= 0.3 is 0 Å². The average Bonchev–Trinajstić information content (AvgIpc) is 2.41. The molecule has 5 nitrogen and oxygen atoms in total. The lowest BCUT2D eigenvalue weighted by molar-refractivity contribution is -0.385. The third-order valence-electron chi connectivity index (χ3n) is 2.99. The Bertz CT molecular complexity index is 642. The van der Waals surface area contributed by atoms with Crippen molar-refractivity contribution < 1.29 is 4.92 Å². The molecule has 1 heterocycles. The molecule has 0 saturated carbocycles. The van der Waals surface area contributed by atoms with Gasteiger partial charge in [0.2, 0.25) is 0 Å². The number of nitro groups is 1. The number of pyridine rings is 1. The fraction of sp³-hybridized carbons (Fsp3) is 0.214. The van der Waals surface area contributed by atoms with Gasteiger partial charge in [0.25, 0.3) is 5.69 Å². The van der Waals surface area contributed by atoms with Crippen molar-refractivity contribution in [2.75, 3.05) is 5.32 Å². The van der Waals surface area contributed by atoms with E-state index in [1.165, 1.54) is 0 Å². The largest absolute Gasteiger partial charge is 0.379 e. The number of nitrogens with zero attached hydrogens (tertiary/aromatic N) is 2. The van der Waals surface area contributed by atoms with Crippen molar-refractivity contribution in [3.05, 3.63) is 61.9 Å². The number of hydrogen-bond acceptors (Lipinski definition) is 4. The molecule has 0 aliphatic carbocycles. The number of aromatic nitrogens is 1. The molecule has 20 heavy (non-hydrogen) atoms. The lowest BCUT2D eigenvalue weighted by atomic mass is 10.1. The van der Waals surface area contributed by atoms with Crippen LogP contribution in [-0.4, -0.2) is 9.91 Å². The maximum atomic E-state index is 10.9. The Hall–Kier alpha value is -1.95. The molecule has 0 aliphatic heterocycles. The SMILES string of the molecule is Cc1cc([N+](=O)[O-])c(C)cc1NCc1ccc(Br)cn1. The normalized spacial score (nSPS) is 10.3. The minimum Gasteiger partial charge on any atom is -0.379 e. The van der Waals surface area contributed by atoms with Crippen molar-refractivity contribution in [3.63, 3.8) is 0 Å². The molecule has 1 N–H and O–H groups in total. The van der Waals surface area contributed by atoms with Gasteiger partial charge in [-0.15, -0.1) is 0 Å². The average molecular weight is 336 g/mol. The number of nitro benzene ring substituents is 1. The predicted molar refractivity (Wildman–Crippen MR) is 81.8 cm³/mol.